The Hall–Kier alpha value is -2.82. The summed E-state index contributed by atoms with van der Waals surface area (Å²) >= 11 is 0. The molecule has 5 nitrogen and oxygen atoms in total. The Morgan fingerprint density at radius 3 is 2.33 bits per heavy atom. The van der Waals surface area contributed by atoms with E-state index in [1.165, 1.54) is 0 Å². The molecule has 0 aliphatic heterocycles. The average Bonchev–Trinajstić information content (AvgIpc) is 2.47. The van der Waals surface area contributed by atoms with Crippen molar-refractivity contribution in [1.29, 1.82) is 0 Å². The van der Waals surface area contributed by atoms with Crippen molar-refractivity contribution in [3.8, 4) is 5.75 Å². The Bertz CT molecular complexity index is 740. The molecular formula is C19H23N3O2. The van der Waals surface area contributed by atoms with Crippen molar-refractivity contribution in [1.82, 2.24) is 0 Å². The summed E-state index contributed by atoms with van der Waals surface area (Å²) in [6.07, 6.45) is 0.890. The van der Waals surface area contributed by atoms with Crippen molar-refractivity contribution in [2.45, 2.75) is 27.2 Å². The molecule has 24 heavy (non-hydrogen) atoms. The molecule has 0 atom stereocenters. The van der Waals surface area contributed by atoms with Gasteiger partial charge in [0.1, 0.15) is 5.75 Å². The van der Waals surface area contributed by atoms with Crippen molar-refractivity contribution in [3.05, 3.63) is 59.7 Å². The van der Waals surface area contributed by atoms with Gasteiger partial charge < -0.3 is 16.2 Å². The Kier molecular flexibility index (Phi) is 5.24. The molecular weight excluding hydrogens is 302 g/mol. The van der Waals surface area contributed by atoms with Gasteiger partial charge in [-0.05, 0) is 53.8 Å². The van der Waals surface area contributed by atoms with Crippen LogP contribution < -0.4 is 16.2 Å². The maximum Gasteiger partial charge on any atom is 0.343 e. The lowest BCUT2D eigenvalue weighted by atomic mass is 9.88. The third-order valence-corrected chi connectivity index (χ3v) is 3.20. The van der Waals surface area contributed by atoms with Crippen LogP contribution in [0.4, 0.5) is 5.69 Å². The van der Waals surface area contributed by atoms with E-state index < -0.39 is 0 Å². The summed E-state index contributed by atoms with van der Waals surface area (Å²) in [4.78, 5) is 16.2. The zero-order valence-corrected chi connectivity index (χ0v) is 14.2. The van der Waals surface area contributed by atoms with Gasteiger partial charge >= 0.3 is 5.97 Å². The predicted octanol–water partition coefficient (Wildman–Crippen LogP) is 3.40. The average molecular weight is 325 g/mol. The molecule has 2 rings (SSSR count). The number of guanidine groups is 1. The van der Waals surface area contributed by atoms with E-state index in [0.29, 0.717) is 17.0 Å². The third-order valence-electron chi connectivity index (χ3n) is 3.20. The largest absolute Gasteiger partial charge is 0.423 e. The Morgan fingerprint density at radius 1 is 1.08 bits per heavy atom. The van der Waals surface area contributed by atoms with Crippen molar-refractivity contribution in [2.75, 3.05) is 0 Å². The SMILES string of the molecule is CC(C)(C)Cc1cccc(C(=O)Oc2ccc(N=C(N)N)cc2)c1. The van der Waals surface area contributed by atoms with Gasteiger partial charge in [0.05, 0.1) is 11.3 Å². The zero-order chi connectivity index (χ0) is 17.7. The quantitative estimate of drug-likeness (QED) is 0.390. The first-order valence-electron chi connectivity index (χ1n) is 7.74. The fourth-order valence-electron chi connectivity index (χ4n) is 2.32. The van der Waals surface area contributed by atoms with Gasteiger partial charge in [-0.2, -0.15) is 0 Å². The van der Waals surface area contributed by atoms with Crippen molar-refractivity contribution in [2.24, 2.45) is 21.9 Å². The van der Waals surface area contributed by atoms with Crippen LogP contribution in [0.1, 0.15) is 36.7 Å². The molecule has 0 amide bonds. The molecule has 0 aliphatic rings. The van der Waals surface area contributed by atoms with Gasteiger partial charge in [-0.15, -0.1) is 0 Å². The van der Waals surface area contributed by atoms with Gasteiger partial charge in [0.15, 0.2) is 5.96 Å². The van der Waals surface area contributed by atoms with E-state index in [4.69, 9.17) is 16.2 Å². The predicted molar refractivity (Wildman–Crippen MR) is 96.5 cm³/mol. The number of carbonyl (C=O) groups is 1. The van der Waals surface area contributed by atoms with E-state index >= 15 is 0 Å². The fourth-order valence-corrected chi connectivity index (χ4v) is 2.32. The monoisotopic (exact) mass is 325 g/mol. The normalized spacial score (nSPS) is 11.0. The lowest BCUT2D eigenvalue weighted by Crippen LogP contribution is -2.21. The van der Waals surface area contributed by atoms with Crippen LogP contribution in [-0.2, 0) is 6.42 Å². The minimum Gasteiger partial charge on any atom is -0.423 e. The summed E-state index contributed by atoms with van der Waals surface area (Å²) in [6, 6.07) is 14.2. The lowest BCUT2D eigenvalue weighted by molar-refractivity contribution is 0.0734. The molecule has 0 spiro atoms. The highest BCUT2D eigenvalue weighted by Gasteiger charge is 2.14. The Labute approximate surface area is 142 Å². The first-order valence-corrected chi connectivity index (χ1v) is 7.74. The minimum absolute atomic E-state index is 0.0181. The number of esters is 1. The summed E-state index contributed by atoms with van der Waals surface area (Å²) in [6.45, 7) is 6.49. The first kappa shape index (κ1) is 17.5. The smallest absolute Gasteiger partial charge is 0.343 e. The molecule has 2 aromatic rings. The number of hydrogen-bond acceptors (Lipinski definition) is 3. The molecule has 2 aromatic carbocycles. The Balaban J connectivity index is 2.09. The number of hydrogen-bond donors (Lipinski definition) is 2. The molecule has 4 N–H and O–H groups in total. The van der Waals surface area contributed by atoms with E-state index in [1.807, 2.05) is 18.2 Å². The van der Waals surface area contributed by atoms with Crippen molar-refractivity contribution >= 4 is 17.6 Å². The Morgan fingerprint density at radius 2 is 1.75 bits per heavy atom. The van der Waals surface area contributed by atoms with Gasteiger partial charge in [0, 0.05) is 0 Å². The van der Waals surface area contributed by atoms with Gasteiger partial charge in [0.2, 0.25) is 0 Å². The lowest BCUT2D eigenvalue weighted by Gasteiger charge is -2.18. The molecule has 126 valence electrons. The van der Waals surface area contributed by atoms with E-state index in [1.54, 1.807) is 30.3 Å². The number of carbonyl (C=O) groups excluding carboxylic acids is 1. The van der Waals surface area contributed by atoms with Crippen LogP contribution in [0, 0.1) is 5.41 Å². The number of nitrogens with two attached hydrogens (primary N) is 2. The summed E-state index contributed by atoms with van der Waals surface area (Å²) in [5.74, 6) is 0.0338. The minimum atomic E-state index is -0.389. The van der Waals surface area contributed by atoms with Crippen LogP contribution >= 0.6 is 0 Å². The molecule has 0 saturated carbocycles. The van der Waals surface area contributed by atoms with E-state index in [0.717, 1.165) is 12.0 Å². The van der Waals surface area contributed by atoms with Gasteiger partial charge in [-0.3, -0.25) is 0 Å². The number of nitrogens with zero attached hydrogens (tertiary/aromatic N) is 1. The van der Waals surface area contributed by atoms with Crippen LogP contribution in [0.5, 0.6) is 5.75 Å². The van der Waals surface area contributed by atoms with Gasteiger partial charge in [-0.25, -0.2) is 9.79 Å². The molecule has 0 saturated heterocycles. The second-order valence-corrected chi connectivity index (χ2v) is 6.86. The molecule has 0 radical (unpaired) electrons. The van der Waals surface area contributed by atoms with E-state index in [9.17, 15) is 4.79 Å². The molecule has 0 aromatic heterocycles. The molecule has 0 fully saturated rings. The second kappa shape index (κ2) is 7.17. The first-order chi connectivity index (χ1) is 11.2. The van der Waals surface area contributed by atoms with E-state index in [-0.39, 0.29) is 17.3 Å². The van der Waals surface area contributed by atoms with Gasteiger partial charge in [-0.1, -0.05) is 32.9 Å². The summed E-state index contributed by atoms with van der Waals surface area (Å²) < 4.78 is 5.40. The van der Waals surface area contributed by atoms with Gasteiger partial charge in [0.25, 0.3) is 0 Å². The third kappa shape index (κ3) is 5.43. The summed E-state index contributed by atoms with van der Waals surface area (Å²) in [7, 11) is 0. The van der Waals surface area contributed by atoms with Crippen LogP contribution in [0.15, 0.2) is 53.5 Å². The van der Waals surface area contributed by atoms with Crippen LogP contribution in [-0.4, -0.2) is 11.9 Å². The standard InChI is InChI=1S/C19H23N3O2/c1-19(2,3)12-13-5-4-6-14(11-13)17(23)24-16-9-7-15(8-10-16)22-18(20)21/h4-11H,12H2,1-3H3,(H4,20,21,22). The molecule has 0 aliphatic carbocycles. The number of benzene rings is 2. The number of ether oxygens (including phenoxy) is 1. The summed E-state index contributed by atoms with van der Waals surface area (Å²) in [5, 5.41) is 0. The van der Waals surface area contributed by atoms with Crippen molar-refractivity contribution in [3.63, 3.8) is 0 Å². The highest BCUT2D eigenvalue weighted by Crippen LogP contribution is 2.22. The fraction of sp³-hybridized carbons (Fsp3) is 0.263. The molecule has 0 bridgehead atoms. The highest BCUT2D eigenvalue weighted by atomic mass is 16.5. The zero-order valence-electron chi connectivity index (χ0n) is 14.2. The molecule has 5 heteroatoms. The van der Waals surface area contributed by atoms with Crippen LogP contribution in [0.2, 0.25) is 0 Å². The second-order valence-electron chi connectivity index (χ2n) is 6.86. The van der Waals surface area contributed by atoms with Crippen LogP contribution in [0.3, 0.4) is 0 Å². The summed E-state index contributed by atoms with van der Waals surface area (Å²) in [5.41, 5.74) is 13.0. The van der Waals surface area contributed by atoms with E-state index in [2.05, 4.69) is 25.8 Å². The number of aliphatic imine (C=N–C) groups is 1. The molecule has 0 heterocycles. The topological polar surface area (TPSA) is 90.7 Å². The van der Waals surface area contributed by atoms with Crippen LogP contribution in [0.25, 0.3) is 0 Å². The number of rotatable bonds is 4. The highest BCUT2D eigenvalue weighted by molar-refractivity contribution is 5.91. The maximum absolute atomic E-state index is 12.3. The maximum atomic E-state index is 12.3. The van der Waals surface area contributed by atoms with Crippen molar-refractivity contribution < 1.29 is 9.53 Å². The molecule has 0 unspecified atom stereocenters.